The van der Waals surface area contributed by atoms with Gasteiger partial charge in [0.05, 0.1) is 13.2 Å². The molecule has 0 bridgehead atoms. The molecule has 0 saturated carbocycles. The molecule has 0 fully saturated rings. The van der Waals surface area contributed by atoms with Gasteiger partial charge in [0.2, 0.25) is 0 Å². The second-order valence-corrected chi connectivity index (χ2v) is 5.99. The average Bonchev–Trinajstić information content (AvgIpc) is 2.39. The average molecular weight is 285 g/mol. The third kappa shape index (κ3) is 15.5. The van der Waals surface area contributed by atoms with Crippen molar-refractivity contribution in [3.05, 3.63) is 0 Å². The van der Waals surface area contributed by atoms with E-state index >= 15 is 0 Å². The predicted molar refractivity (Wildman–Crippen MR) is 86.0 cm³/mol. The zero-order chi connectivity index (χ0) is 15.1. The Balaban J connectivity index is 3.08. The van der Waals surface area contributed by atoms with E-state index in [0.29, 0.717) is 13.2 Å². The summed E-state index contributed by atoms with van der Waals surface area (Å²) in [6.07, 6.45) is 14.5. The molecule has 0 aromatic heterocycles. The van der Waals surface area contributed by atoms with Crippen LogP contribution in [0.1, 0.15) is 77.6 Å². The molecule has 0 aromatic rings. The number of likely N-dealkylation sites (N-methyl/N-ethyl adjacent to an activating group) is 1. The van der Waals surface area contributed by atoms with E-state index in [1.54, 1.807) is 0 Å². The Labute approximate surface area is 126 Å². The van der Waals surface area contributed by atoms with Crippen molar-refractivity contribution in [1.82, 2.24) is 4.90 Å². The molecule has 0 radical (unpaired) electrons. The first-order valence-electron chi connectivity index (χ1n) is 8.47. The van der Waals surface area contributed by atoms with E-state index in [-0.39, 0.29) is 5.97 Å². The van der Waals surface area contributed by atoms with Crippen molar-refractivity contribution >= 4 is 5.97 Å². The zero-order valence-electron chi connectivity index (χ0n) is 14.0. The van der Waals surface area contributed by atoms with Gasteiger partial charge in [0, 0.05) is 0 Å². The Kier molecular flexibility index (Phi) is 14.4. The van der Waals surface area contributed by atoms with Gasteiger partial charge in [-0.1, -0.05) is 71.1 Å². The predicted octanol–water partition coefficient (Wildman–Crippen LogP) is 4.40. The third-order valence-electron chi connectivity index (χ3n) is 3.46. The van der Waals surface area contributed by atoms with Crippen LogP contribution in [-0.4, -0.2) is 38.1 Å². The topological polar surface area (TPSA) is 29.5 Å². The molecule has 0 spiro atoms. The van der Waals surface area contributed by atoms with Crippen molar-refractivity contribution in [2.45, 2.75) is 77.6 Å². The van der Waals surface area contributed by atoms with Crippen LogP contribution in [0.15, 0.2) is 0 Å². The fourth-order valence-electron chi connectivity index (χ4n) is 2.26. The lowest BCUT2D eigenvalue weighted by molar-refractivity contribution is -0.144. The van der Waals surface area contributed by atoms with E-state index in [4.69, 9.17) is 4.74 Å². The summed E-state index contributed by atoms with van der Waals surface area (Å²) in [6, 6.07) is 0. The maximum absolute atomic E-state index is 11.3. The Morgan fingerprint density at radius 3 is 1.70 bits per heavy atom. The van der Waals surface area contributed by atoms with Gasteiger partial charge in [0.15, 0.2) is 0 Å². The number of hydrogen-bond donors (Lipinski definition) is 0. The Hall–Kier alpha value is -0.570. The molecule has 3 heteroatoms. The summed E-state index contributed by atoms with van der Waals surface area (Å²) in [5.41, 5.74) is 0. The number of rotatable bonds is 14. The van der Waals surface area contributed by atoms with E-state index in [1.165, 1.54) is 64.2 Å². The number of carbonyl (C=O) groups is 1. The summed E-state index contributed by atoms with van der Waals surface area (Å²) in [7, 11) is 3.76. The number of nitrogens with zero attached hydrogens (tertiary/aromatic N) is 1. The van der Waals surface area contributed by atoms with Crippen LogP contribution >= 0.6 is 0 Å². The molecule has 0 saturated heterocycles. The summed E-state index contributed by atoms with van der Waals surface area (Å²) >= 11 is 0. The number of hydrogen-bond acceptors (Lipinski definition) is 3. The summed E-state index contributed by atoms with van der Waals surface area (Å²) in [5.74, 6) is -0.109. The van der Waals surface area contributed by atoms with Crippen LogP contribution in [0.4, 0.5) is 0 Å². The largest absolute Gasteiger partial charge is 0.465 e. The maximum atomic E-state index is 11.3. The van der Waals surface area contributed by atoms with Gasteiger partial charge in [-0.2, -0.15) is 0 Å². The quantitative estimate of drug-likeness (QED) is 0.350. The normalized spacial score (nSPS) is 11.0. The summed E-state index contributed by atoms with van der Waals surface area (Å²) in [5, 5.41) is 0. The Morgan fingerprint density at radius 2 is 1.25 bits per heavy atom. The second kappa shape index (κ2) is 14.8. The highest BCUT2D eigenvalue weighted by Gasteiger charge is 2.03. The van der Waals surface area contributed by atoms with Crippen LogP contribution in [0, 0.1) is 0 Å². The number of carbonyl (C=O) groups excluding carboxylic acids is 1. The van der Waals surface area contributed by atoms with Crippen LogP contribution in [0.25, 0.3) is 0 Å². The number of unbranched alkanes of at least 4 members (excludes halogenated alkanes) is 10. The molecule has 0 amide bonds. The lowest BCUT2D eigenvalue weighted by Crippen LogP contribution is -2.23. The van der Waals surface area contributed by atoms with Crippen molar-refractivity contribution in [1.29, 1.82) is 0 Å². The number of esters is 1. The minimum absolute atomic E-state index is 0.109. The van der Waals surface area contributed by atoms with Gasteiger partial charge >= 0.3 is 5.97 Å². The summed E-state index contributed by atoms with van der Waals surface area (Å²) in [6.45, 7) is 3.24. The third-order valence-corrected chi connectivity index (χ3v) is 3.46. The van der Waals surface area contributed by atoms with Crippen molar-refractivity contribution in [2.24, 2.45) is 0 Å². The molecular formula is C17H35NO2. The first kappa shape index (κ1) is 19.4. The highest BCUT2D eigenvalue weighted by atomic mass is 16.5. The smallest absolute Gasteiger partial charge is 0.320 e. The van der Waals surface area contributed by atoms with Crippen molar-refractivity contribution in [3.63, 3.8) is 0 Å². The van der Waals surface area contributed by atoms with Gasteiger partial charge in [-0.15, -0.1) is 0 Å². The fourth-order valence-corrected chi connectivity index (χ4v) is 2.26. The molecule has 0 aliphatic heterocycles. The standard InChI is InChI=1S/C17H35NO2/c1-4-5-6-7-8-9-10-11-12-13-14-15-20-17(19)16-18(2)3/h4-16H2,1-3H3. The van der Waals surface area contributed by atoms with Crippen LogP contribution in [0.2, 0.25) is 0 Å². The van der Waals surface area contributed by atoms with Crippen molar-refractivity contribution in [2.75, 3.05) is 27.2 Å². The van der Waals surface area contributed by atoms with Crippen molar-refractivity contribution in [3.8, 4) is 0 Å². The minimum Gasteiger partial charge on any atom is -0.465 e. The molecule has 0 atom stereocenters. The molecule has 120 valence electrons. The van der Waals surface area contributed by atoms with Gasteiger partial charge in [0.25, 0.3) is 0 Å². The maximum Gasteiger partial charge on any atom is 0.320 e. The zero-order valence-corrected chi connectivity index (χ0v) is 14.0. The van der Waals surface area contributed by atoms with E-state index < -0.39 is 0 Å². The van der Waals surface area contributed by atoms with E-state index in [0.717, 1.165) is 6.42 Å². The van der Waals surface area contributed by atoms with Crippen LogP contribution < -0.4 is 0 Å². The van der Waals surface area contributed by atoms with Gasteiger partial charge in [0.1, 0.15) is 0 Å². The monoisotopic (exact) mass is 285 g/mol. The molecule has 20 heavy (non-hydrogen) atoms. The molecular weight excluding hydrogens is 250 g/mol. The molecule has 0 aliphatic rings. The van der Waals surface area contributed by atoms with Gasteiger partial charge in [-0.3, -0.25) is 9.69 Å². The SMILES string of the molecule is CCCCCCCCCCCCCOC(=O)CN(C)C. The lowest BCUT2D eigenvalue weighted by atomic mass is 10.1. The van der Waals surface area contributed by atoms with Crippen molar-refractivity contribution < 1.29 is 9.53 Å². The minimum atomic E-state index is -0.109. The fraction of sp³-hybridized carbons (Fsp3) is 0.941. The molecule has 0 unspecified atom stereocenters. The molecule has 0 N–H and O–H groups in total. The van der Waals surface area contributed by atoms with E-state index in [9.17, 15) is 4.79 Å². The molecule has 0 rings (SSSR count). The lowest BCUT2D eigenvalue weighted by Gasteiger charge is -2.09. The first-order valence-corrected chi connectivity index (χ1v) is 8.47. The van der Waals surface area contributed by atoms with Crippen LogP contribution in [0.5, 0.6) is 0 Å². The summed E-state index contributed by atoms with van der Waals surface area (Å²) in [4.78, 5) is 13.1. The summed E-state index contributed by atoms with van der Waals surface area (Å²) < 4.78 is 5.15. The molecule has 0 aromatic carbocycles. The first-order chi connectivity index (χ1) is 9.66. The Morgan fingerprint density at radius 1 is 0.800 bits per heavy atom. The molecule has 0 heterocycles. The molecule has 0 aliphatic carbocycles. The van der Waals surface area contributed by atoms with Crippen LogP contribution in [0.3, 0.4) is 0 Å². The van der Waals surface area contributed by atoms with Gasteiger partial charge in [-0.05, 0) is 20.5 Å². The second-order valence-electron chi connectivity index (χ2n) is 5.99. The Bertz CT molecular complexity index is 217. The van der Waals surface area contributed by atoms with Crippen LogP contribution in [-0.2, 0) is 9.53 Å². The van der Waals surface area contributed by atoms with Gasteiger partial charge in [-0.25, -0.2) is 0 Å². The highest BCUT2D eigenvalue weighted by Crippen LogP contribution is 2.11. The van der Waals surface area contributed by atoms with E-state index in [2.05, 4.69) is 6.92 Å². The number of ether oxygens (including phenoxy) is 1. The van der Waals surface area contributed by atoms with E-state index in [1.807, 2.05) is 19.0 Å². The molecule has 3 nitrogen and oxygen atoms in total. The van der Waals surface area contributed by atoms with Gasteiger partial charge < -0.3 is 4.74 Å². The highest BCUT2D eigenvalue weighted by molar-refractivity contribution is 5.71.